The van der Waals surface area contributed by atoms with Gasteiger partial charge in [0.2, 0.25) is 11.8 Å². The first-order chi connectivity index (χ1) is 9.67. The Labute approximate surface area is 121 Å². The monoisotopic (exact) mass is 292 g/mol. The van der Waals surface area contributed by atoms with Crippen LogP contribution in [0.2, 0.25) is 0 Å². The first kappa shape index (κ1) is 14.6. The second-order valence-corrected chi connectivity index (χ2v) is 5.63. The van der Waals surface area contributed by atoms with Gasteiger partial charge in [0.15, 0.2) is 0 Å². The highest BCUT2D eigenvalue weighted by Crippen LogP contribution is 2.40. The second kappa shape index (κ2) is 6.58. The smallest absolute Gasteiger partial charge is 0.244 e. The Bertz CT molecular complexity index is 533. The second-order valence-electron chi connectivity index (χ2n) is 4.38. The predicted octanol–water partition coefficient (Wildman–Crippen LogP) is 1.97. The first-order valence-corrected chi connectivity index (χ1v) is 7.16. The van der Waals surface area contributed by atoms with Crippen LogP contribution in [0, 0.1) is 0 Å². The van der Waals surface area contributed by atoms with Crippen molar-refractivity contribution in [1.82, 2.24) is 5.48 Å². The number of benzene rings is 1. The lowest BCUT2D eigenvalue weighted by molar-refractivity contribution is -0.131. The molecule has 2 N–H and O–H groups in total. The van der Waals surface area contributed by atoms with Crippen LogP contribution in [0.5, 0.6) is 0 Å². The Kier molecular flexibility index (Phi) is 4.81. The average Bonchev–Trinajstić information content (AvgIpc) is 2.47. The zero-order valence-corrected chi connectivity index (χ0v) is 11.7. The Morgan fingerprint density at radius 2 is 2.25 bits per heavy atom. The van der Waals surface area contributed by atoms with Crippen LogP contribution in [0.3, 0.4) is 0 Å². The van der Waals surface area contributed by atoms with Crippen molar-refractivity contribution in [3.63, 3.8) is 0 Å². The third-order valence-electron chi connectivity index (χ3n) is 3.02. The van der Waals surface area contributed by atoms with Crippen LogP contribution < -0.4 is 10.4 Å². The minimum Gasteiger partial charge on any atom is -0.310 e. The number of para-hydroxylation sites is 1. The summed E-state index contributed by atoms with van der Waals surface area (Å²) in [6.07, 6.45) is 2.40. The molecule has 2 rings (SSSR count). The van der Waals surface area contributed by atoms with Gasteiger partial charge in [-0.1, -0.05) is 18.2 Å². The van der Waals surface area contributed by atoms with Crippen LogP contribution in [-0.4, -0.2) is 28.8 Å². The lowest BCUT2D eigenvalue weighted by Gasteiger charge is -2.33. The van der Waals surface area contributed by atoms with Gasteiger partial charge in [0.05, 0.1) is 10.9 Å². The van der Waals surface area contributed by atoms with Crippen LogP contribution in [0.15, 0.2) is 41.8 Å². The molecule has 1 aliphatic rings. The molecular formula is C14H16N2O3S. The molecule has 6 heteroatoms. The van der Waals surface area contributed by atoms with Gasteiger partial charge in [0.25, 0.3) is 0 Å². The molecular weight excluding hydrogens is 276 g/mol. The van der Waals surface area contributed by atoms with Gasteiger partial charge in [0, 0.05) is 17.9 Å². The molecule has 2 amide bonds. The quantitative estimate of drug-likeness (QED) is 0.494. The molecule has 1 aromatic carbocycles. The molecule has 1 aliphatic heterocycles. The van der Waals surface area contributed by atoms with E-state index in [-0.39, 0.29) is 12.3 Å². The van der Waals surface area contributed by atoms with Gasteiger partial charge in [-0.25, -0.2) is 5.48 Å². The van der Waals surface area contributed by atoms with E-state index in [1.54, 1.807) is 16.5 Å². The number of hydrogen-bond donors (Lipinski definition) is 2. The van der Waals surface area contributed by atoms with Crippen molar-refractivity contribution in [2.24, 2.45) is 0 Å². The fourth-order valence-electron chi connectivity index (χ4n) is 2.07. The summed E-state index contributed by atoms with van der Waals surface area (Å²) in [7, 11) is 0. The van der Waals surface area contributed by atoms with Crippen LogP contribution in [0.1, 0.15) is 12.8 Å². The van der Waals surface area contributed by atoms with Crippen LogP contribution in [0.25, 0.3) is 0 Å². The minimum absolute atomic E-state index is 0.0427. The summed E-state index contributed by atoms with van der Waals surface area (Å²) in [4.78, 5) is 26.4. The molecule has 1 atom stereocenters. The van der Waals surface area contributed by atoms with Crippen molar-refractivity contribution in [3.8, 4) is 0 Å². The summed E-state index contributed by atoms with van der Waals surface area (Å²) < 4.78 is 0. The van der Waals surface area contributed by atoms with Gasteiger partial charge in [-0.3, -0.25) is 14.8 Å². The van der Waals surface area contributed by atoms with Crippen molar-refractivity contribution < 1.29 is 14.8 Å². The summed E-state index contributed by atoms with van der Waals surface area (Å²) in [6, 6.07) is 7.60. The number of nitrogens with zero attached hydrogens (tertiary/aromatic N) is 1. The molecule has 1 aromatic rings. The van der Waals surface area contributed by atoms with Crippen molar-refractivity contribution in [3.05, 3.63) is 36.9 Å². The van der Waals surface area contributed by atoms with Crippen LogP contribution in [0.4, 0.5) is 5.69 Å². The third kappa shape index (κ3) is 3.02. The minimum atomic E-state index is -0.557. The Hall–Kier alpha value is -1.79. The molecule has 0 saturated heterocycles. The van der Waals surface area contributed by atoms with E-state index in [9.17, 15) is 9.59 Å². The number of anilines is 1. The van der Waals surface area contributed by atoms with Crippen molar-refractivity contribution in [2.75, 3.05) is 11.4 Å². The van der Waals surface area contributed by atoms with Crippen LogP contribution in [-0.2, 0) is 9.59 Å². The van der Waals surface area contributed by atoms with E-state index in [4.69, 9.17) is 5.21 Å². The molecule has 0 aromatic heterocycles. The zero-order valence-electron chi connectivity index (χ0n) is 10.9. The third-order valence-corrected chi connectivity index (χ3v) is 4.27. The molecule has 1 heterocycles. The SMILES string of the molecule is C=CCCN1C(=O)C(CC(=O)NO)Sc2ccccc21. The van der Waals surface area contributed by atoms with E-state index in [0.29, 0.717) is 13.0 Å². The first-order valence-electron chi connectivity index (χ1n) is 6.28. The average molecular weight is 292 g/mol. The molecule has 1 unspecified atom stereocenters. The zero-order chi connectivity index (χ0) is 14.5. The lowest BCUT2D eigenvalue weighted by Crippen LogP contribution is -2.43. The molecule has 0 spiro atoms. The standard InChI is InChI=1S/C14H16N2O3S/c1-2-3-8-16-10-6-4-5-7-11(10)20-12(14(16)18)9-13(17)15-19/h2,4-7,12,19H,1,3,8-9H2,(H,15,17). The molecule has 20 heavy (non-hydrogen) atoms. The number of amides is 2. The Morgan fingerprint density at radius 1 is 1.50 bits per heavy atom. The number of hydroxylamine groups is 1. The van der Waals surface area contributed by atoms with E-state index in [0.717, 1.165) is 10.6 Å². The summed E-state index contributed by atoms with van der Waals surface area (Å²) >= 11 is 1.36. The maximum atomic E-state index is 12.5. The predicted molar refractivity (Wildman–Crippen MR) is 77.8 cm³/mol. The van der Waals surface area contributed by atoms with Gasteiger partial charge in [-0.15, -0.1) is 18.3 Å². The number of carbonyl (C=O) groups is 2. The molecule has 106 valence electrons. The van der Waals surface area contributed by atoms with Crippen LogP contribution >= 0.6 is 11.8 Å². The summed E-state index contributed by atoms with van der Waals surface area (Å²) in [6.45, 7) is 4.21. The fraction of sp³-hybridized carbons (Fsp3) is 0.286. The summed E-state index contributed by atoms with van der Waals surface area (Å²) in [5.41, 5.74) is 2.44. The molecule has 0 aliphatic carbocycles. The van der Waals surface area contributed by atoms with E-state index in [1.807, 2.05) is 24.3 Å². The number of nitrogens with one attached hydrogen (secondary N) is 1. The highest BCUT2D eigenvalue weighted by Gasteiger charge is 2.34. The van der Waals surface area contributed by atoms with E-state index < -0.39 is 11.2 Å². The Morgan fingerprint density at radius 3 is 2.95 bits per heavy atom. The molecule has 0 fully saturated rings. The fourth-order valence-corrected chi connectivity index (χ4v) is 3.30. The largest absolute Gasteiger partial charge is 0.310 e. The molecule has 0 saturated carbocycles. The number of carbonyl (C=O) groups excluding carboxylic acids is 2. The van der Waals surface area contributed by atoms with E-state index >= 15 is 0 Å². The van der Waals surface area contributed by atoms with Gasteiger partial charge in [-0.2, -0.15) is 0 Å². The Balaban J connectivity index is 2.27. The number of rotatable bonds is 5. The molecule has 0 bridgehead atoms. The number of fused-ring (bicyclic) bond motifs is 1. The van der Waals surface area contributed by atoms with Gasteiger partial charge in [-0.05, 0) is 18.6 Å². The lowest BCUT2D eigenvalue weighted by atomic mass is 10.2. The maximum absolute atomic E-state index is 12.5. The van der Waals surface area contributed by atoms with Gasteiger partial charge < -0.3 is 4.90 Å². The molecule has 0 radical (unpaired) electrons. The van der Waals surface area contributed by atoms with E-state index in [2.05, 4.69) is 6.58 Å². The highest BCUT2D eigenvalue weighted by molar-refractivity contribution is 8.01. The summed E-state index contributed by atoms with van der Waals surface area (Å²) in [5, 5.41) is 8.10. The summed E-state index contributed by atoms with van der Waals surface area (Å²) in [5.74, 6) is -0.668. The van der Waals surface area contributed by atoms with Gasteiger partial charge in [0.1, 0.15) is 0 Å². The van der Waals surface area contributed by atoms with E-state index in [1.165, 1.54) is 11.8 Å². The number of thioether (sulfide) groups is 1. The number of hydrogen-bond acceptors (Lipinski definition) is 4. The van der Waals surface area contributed by atoms with Crippen molar-refractivity contribution >= 4 is 29.3 Å². The maximum Gasteiger partial charge on any atom is 0.244 e. The highest BCUT2D eigenvalue weighted by atomic mass is 32.2. The normalized spacial score (nSPS) is 17.6. The van der Waals surface area contributed by atoms with Gasteiger partial charge >= 0.3 is 0 Å². The van der Waals surface area contributed by atoms with Crippen molar-refractivity contribution in [1.29, 1.82) is 0 Å². The topological polar surface area (TPSA) is 69.6 Å². The molecule has 5 nitrogen and oxygen atoms in total. The van der Waals surface area contributed by atoms with Crippen molar-refractivity contribution in [2.45, 2.75) is 23.0 Å².